The zero-order chi connectivity index (χ0) is 15.3. The van der Waals surface area contributed by atoms with Crippen LogP contribution in [0.2, 0.25) is 10.0 Å². The minimum Gasteiger partial charge on any atom is -0.387 e. The summed E-state index contributed by atoms with van der Waals surface area (Å²) in [4.78, 5) is 13.8. The predicted octanol–water partition coefficient (Wildman–Crippen LogP) is 2.48. The third kappa shape index (κ3) is 4.94. The molecular weight excluding hydrogens is 299 g/mol. The van der Waals surface area contributed by atoms with Gasteiger partial charge >= 0.3 is 0 Å². The van der Waals surface area contributed by atoms with Crippen LogP contribution in [0.4, 0.5) is 0 Å². The highest BCUT2D eigenvalue weighted by Gasteiger charge is 2.19. The molecule has 0 aromatic heterocycles. The Labute approximate surface area is 129 Å². The van der Waals surface area contributed by atoms with Gasteiger partial charge in [-0.2, -0.15) is 0 Å². The summed E-state index contributed by atoms with van der Waals surface area (Å²) >= 11 is 11.8. The lowest BCUT2D eigenvalue weighted by atomic mass is 10.1. The van der Waals surface area contributed by atoms with Crippen LogP contribution < -0.4 is 5.32 Å². The van der Waals surface area contributed by atoms with Crippen molar-refractivity contribution in [3.8, 4) is 0 Å². The molecule has 0 saturated carbocycles. The highest BCUT2D eigenvalue weighted by molar-refractivity contribution is 6.34. The van der Waals surface area contributed by atoms with Crippen LogP contribution in [0.5, 0.6) is 0 Å². The predicted molar refractivity (Wildman–Crippen MR) is 82.2 cm³/mol. The second-order valence-corrected chi connectivity index (χ2v) is 5.72. The summed E-state index contributed by atoms with van der Waals surface area (Å²) in [7, 11) is 3.70. The number of nitrogens with zero attached hydrogens (tertiary/aromatic N) is 1. The van der Waals surface area contributed by atoms with E-state index in [0.29, 0.717) is 22.0 Å². The molecule has 2 N–H and O–H groups in total. The molecule has 0 fully saturated rings. The number of aliphatic hydroxyl groups is 1. The Kier molecular flexibility index (Phi) is 6.76. The SMILES string of the molecule is CCC(C(=O)NCC(O)c1cc(Cl)cc(Cl)c1)N(C)C. The fourth-order valence-electron chi connectivity index (χ4n) is 1.99. The second-order valence-electron chi connectivity index (χ2n) is 4.85. The molecule has 0 aliphatic rings. The van der Waals surface area contributed by atoms with Crippen LogP contribution in [0.25, 0.3) is 0 Å². The van der Waals surface area contributed by atoms with E-state index in [9.17, 15) is 9.90 Å². The van der Waals surface area contributed by atoms with Crippen LogP contribution in [0.1, 0.15) is 25.0 Å². The van der Waals surface area contributed by atoms with Gasteiger partial charge in [-0.3, -0.25) is 9.69 Å². The molecule has 2 atom stereocenters. The molecule has 0 spiro atoms. The van der Waals surface area contributed by atoms with E-state index in [2.05, 4.69) is 5.32 Å². The fraction of sp³-hybridized carbons (Fsp3) is 0.500. The maximum atomic E-state index is 12.0. The quantitative estimate of drug-likeness (QED) is 0.847. The summed E-state index contributed by atoms with van der Waals surface area (Å²) < 4.78 is 0. The van der Waals surface area contributed by atoms with Crippen molar-refractivity contribution in [3.63, 3.8) is 0 Å². The van der Waals surface area contributed by atoms with E-state index in [1.165, 1.54) is 0 Å². The molecule has 1 amide bonds. The Balaban J connectivity index is 2.62. The van der Waals surface area contributed by atoms with Crippen molar-refractivity contribution in [2.75, 3.05) is 20.6 Å². The van der Waals surface area contributed by atoms with E-state index in [4.69, 9.17) is 23.2 Å². The van der Waals surface area contributed by atoms with Crippen molar-refractivity contribution in [2.24, 2.45) is 0 Å². The van der Waals surface area contributed by atoms with Crippen LogP contribution in [0.15, 0.2) is 18.2 Å². The van der Waals surface area contributed by atoms with Crippen molar-refractivity contribution in [3.05, 3.63) is 33.8 Å². The standard InChI is InChI=1S/C14H20Cl2N2O2/c1-4-12(18(2)3)14(20)17-8-13(19)9-5-10(15)7-11(16)6-9/h5-7,12-13,19H,4,8H2,1-3H3,(H,17,20). The number of amides is 1. The van der Waals surface area contributed by atoms with Gasteiger partial charge in [0, 0.05) is 16.6 Å². The van der Waals surface area contributed by atoms with E-state index in [-0.39, 0.29) is 18.5 Å². The molecule has 20 heavy (non-hydrogen) atoms. The first-order valence-corrected chi connectivity index (χ1v) is 7.19. The highest BCUT2D eigenvalue weighted by Crippen LogP contribution is 2.23. The van der Waals surface area contributed by atoms with Gasteiger partial charge in [0.1, 0.15) is 0 Å². The van der Waals surface area contributed by atoms with Crippen LogP contribution in [-0.4, -0.2) is 42.6 Å². The summed E-state index contributed by atoms with van der Waals surface area (Å²) in [5.74, 6) is -0.107. The van der Waals surface area contributed by atoms with Gasteiger partial charge < -0.3 is 10.4 Å². The van der Waals surface area contributed by atoms with Gasteiger partial charge in [-0.15, -0.1) is 0 Å². The Bertz CT molecular complexity index is 446. The van der Waals surface area contributed by atoms with E-state index in [1.807, 2.05) is 25.9 Å². The highest BCUT2D eigenvalue weighted by atomic mass is 35.5. The molecule has 0 saturated heterocycles. The molecule has 112 valence electrons. The molecule has 4 nitrogen and oxygen atoms in total. The minimum atomic E-state index is -0.838. The molecule has 0 heterocycles. The number of aliphatic hydroxyl groups excluding tert-OH is 1. The number of halogens is 2. The molecule has 1 aromatic rings. The smallest absolute Gasteiger partial charge is 0.237 e. The largest absolute Gasteiger partial charge is 0.387 e. The molecule has 1 aromatic carbocycles. The molecule has 0 aliphatic heterocycles. The number of benzene rings is 1. The lowest BCUT2D eigenvalue weighted by Gasteiger charge is -2.22. The zero-order valence-corrected chi connectivity index (χ0v) is 13.4. The van der Waals surface area contributed by atoms with E-state index < -0.39 is 6.10 Å². The van der Waals surface area contributed by atoms with Gasteiger partial charge in [-0.1, -0.05) is 30.1 Å². The lowest BCUT2D eigenvalue weighted by molar-refractivity contribution is -0.126. The van der Waals surface area contributed by atoms with Gasteiger partial charge in [0.25, 0.3) is 0 Å². The minimum absolute atomic E-state index is 0.107. The normalized spacial score (nSPS) is 14.2. The second kappa shape index (κ2) is 7.84. The van der Waals surface area contributed by atoms with Crippen molar-refractivity contribution < 1.29 is 9.90 Å². The third-order valence-electron chi connectivity index (χ3n) is 3.05. The van der Waals surface area contributed by atoms with E-state index in [1.54, 1.807) is 18.2 Å². The Morgan fingerprint density at radius 2 is 1.85 bits per heavy atom. The van der Waals surface area contributed by atoms with Gasteiger partial charge in [0.2, 0.25) is 5.91 Å². The molecule has 6 heteroatoms. The van der Waals surface area contributed by atoms with Gasteiger partial charge in [0.15, 0.2) is 0 Å². The Morgan fingerprint density at radius 3 is 2.30 bits per heavy atom. The van der Waals surface area contributed by atoms with Crippen LogP contribution in [0, 0.1) is 0 Å². The van der Waals surface area contributed by atoms with E-state index in [0.717, 1.165) is 0 Å². The average molecular weight is 319 g/mol. The van der Waals surface area contributed by atoms with Crippen LogP contribution in [-0.2, 0) is 4.79 Å². The average Bonchev–Trinajstić information content (AvgIpc) is 2.35. The number of nitrogens with one attached hydrogen (secondary N) is 1. The number of hydrogen-bond acceptors (Lipinski definition) is 3. The van der Waals surface area contributed by atoms with Crippen molar-refractivity contribution in [2.45, 2.75) is 25.5 Å². The summed E-state index contributed by atoms with van der Waals surface area (Å²) in [6, 6.07) is 4.66. The molecule has 0 bridgehead atoms. The molecule has 0 aliphatic carbocycles. The van der Waals surface area contributed by atoms with Gasteiger partial charge in [-0.05, 0) is 44.3 Å². The van der Waals surface area contributed by atoms with Crippen LogP contribution >= 0.6 is 23.2 Å². The fourth-order valence-corrected chi connectivity index (χ4v) is 2.53. The van der Waals surface area contributed by atoms with Gasteiger partial charge in [0.05, 0.1) is 12.1 Å². The first-order valence-electron chi connectivity index (χ1n) is 6.43. The molecular formula is C14H20Cl2N2O2. The monoisotopic (exact) mass is 318 g/mol. The van der Waals surface area contributed by atoms with E-state index >= 15 is 0 Å². The summed E-state index contributed by atoms with van der Waals surface area (Å²) in [5.41, 5.74) is 0.584. The maximum Gasteiger partial charge on any atom is 0.237 e. The summed E-state index contributed by atoms with van der Waals surface area (Å²) in [6.07, 6.45) is -0.132. The van der Waals surface area contributed by atoms with Gasteiger partial charge in [-0.25, -0.2) is 0 Å². The third-order valence-corrected chi connectivity index (χ3v) is 3.49. The molecule has 0 radical (unpaired) electrons. The first-order chi connectivity index (χ1) is 9.35. The maximum absolute atomic E-state index is 12.0. The van der Waals surface area contributed by atoms with Crippen molar-refractivity contribution >= 4 is 29.1 Å². The summed E-state index contributed by atoms with van der Waals surface area (Å²) in [6.45, 7) is 2.07. The first kappa shape index (κ1) is 17.2. The number of carbonyl (C=O) groups is 1. The number of carbonyl (C=O) groups excluding carboxylic acids is 1. The molecule has 1 rings (SSSR count). The lowest BCUT2D eigenvalue weighted by Crippen LogP contribution is -2.44. The number of rotatable bonds is 6. The summed E-state index contributed by atoms with van der Waals surface area (Å²) in [5, 5.41) is 13.7. The zero-order valence-electron chi connectivity index (χ0n) is 11.9. The number of likely N-dealkylation sites (N-methyl/N-ethyl adjacent to an activating group) is 1. The van der Waals surface area contributed by atoms with Crippen LogP contribution in [0.3, 0.4) is 0 Å². The van der Waals surface area contributed by atoms with Crippen molar-refractivity contribution in [1.82, 2.24) is 10.2 Å². The topological polar surface area (TPSA) is 52.6 Å². The van der Waals surface area contributed by atoms with Crippen molar-refractivity contribution in [1.29, 1.82) is 0 Å². The Hall–Kier alpha value is -0.810. The number of hydrogen-bond donors (Lipinski definition) is 2. The molecule has 2 unspecified atom stereocenters. The Morgan fingerprint density at radius 1 is 1.30 bits per heavy atom.